The second-order valence-corrected chi connectivity index (χ2v) is 5.49. The molecule has 0 bridgehead atoms. The standard InChI is InChI=1S/C15H24N4O2/c1-12(20)19-6-3-4-13(10-19)8-14-9-15(18-11-17-14)16-5-7-21-2/h9,11,13H,3-8,10H2,1-2H3,(H,16,17,18). The lowest BCUT2D eigenvalue weighted by molar-refractivity contribution is -0.130. The maximum Gasteiger partial charge on any atom is 0.219 e. The van der Waals surface area contributed by atoms with Crippen LogP contribution in [0.3, 0.4) is 0 Å². The van der Waals surface area contributed by atoms with E-state index < -0.39 is 0 Å². The van der Waals surface area contributed by atoms with Crippen molar-refractivity contribution in [2.75, 3.05) is 38.7 Å². The lowest BCUT2D eigenvalue weighted by Gasteiger charge is -2.31. The lowest BCUT2D eigenvalue weighted by Crippen LogP contribution is -2.39. The number of nitrogens with one attached hydrogen (secondary N) is 1. The number of amides is 1. The maximum absolute atomic E-state index is 11.5. The highest BCUT2D eigenvalue weighted by Crippen LogP contribution is 2.20. The van der Waals surface area contributed by atoms with E-state index in [9.17, 15) is 4.79 Å². The van der Waals surface area contributed by atoms with Crippen LogP contribution in [-0.4, -0.2) is 54.1 Å². The Kier molecular flexibility index (Phi) is 5.92. The Bertz CT molecular complexity index is 467. The first-order valence-electron chi connectivity index (χ1n) is 7.48. The van der Waals surface area contributed by atoms with Crippen LogP contribution in [0, 0.1) is 5.92 Å². The van der Waals surface area contributed by atoms with E-state index in [2.05, 4.69) is 15.3 Å². The molecule has 0 radical (unpaired) electrons. The van der Waals surface area contributed by atoms with Crippen LogP contribution in [-0.2, 0) is 16.0 Å². The number of carbonyl (C=O) groups excluding carboxylic acids is 1. The normalized spacial score (nSPS) is 18.6. The van der Waals surface area contributed by atoms with Gasteiger partial charge in [0.1, 0.15) is 12.1 Å². The highest BCUT2D eigenvalue weighted by Gasteiger charge is 2.22. The van der Waals surface area contributed by atoms with Crippen molar-refractivity contribution in [3.8, 4) is 0 Å². The quantitative estimate of drug-likeness (QED) is 0.801. The zero-order valence-corrected chi connectivity index (χ0v) is 12.8. The van der Waals surface area contributed by atoms with E-state index in [0.29, 0.717) is 12.5 Å². The molecule has 1 aromatic rings. The van der Waals surface area contributed by atoms with Gasteiger partial charge in [0.25, 0.3) is 0 Å². The molecule has 21 heavy (non-hydrogen) atoms. The predicted molar refractivity (Wildman–Crippen MR) is 81.1 cm³/mol. The van der Waals surface area contributed by atoms with Crippen molar-refractivity contribution in [3.63, 3.8) is 0 Å². The molecule has 1 saturated heterocycles. The van der Waals surface area contributed by atoms with E-state index >= 15 is 0 Å². The minimum Gasteiger partial charge on any atom is -0.383 e. The van der Waals surface area contributed by atoms with Crippen molar-refractivity contribution in [2.45, 2.75) is 26.2 Å². The summed E-state index contributed by atoms with van der Waals surface area (Å²) in [6.45, 7) is 4.75. The van der Waals surface area contributed by atoms with E-state index in [1.807, 2.05) is 11.0 Å². The molecular formula is C15H24N4O2. The van der Waals surface area contributed by atoms with Crippen LogP contribution in [0.1, 0.15) is 25.5 Å². The molecular weight excluding hydrogens is 268 g/mol. The summed E-state index contributed by atoms with van der Waals surface area (Å²) in [7, 11) is 1.68. The van der Waals surface area contributed by atoms with Crippen molar-refractivity contribution in [2.24, 2.45) is 5.92 Å². The Morgan fingerprint density at radius 3 is 3.14 bits per heavy atom. The van der Waals surface area contributed by atoms with Crippen LogP contribution in [0.2, 0.25) is 0 Å². The van der Waals surface area contributed by atoms with Gasteiger partial charge in [0.2, 0.25) is 5.91 Å². The van der Waals surface area contributed by atoms with E-state index in [0.717, 1.165) is 50.4 Å². The molecule has 1 aliphatic rings. The van der Waals surface area contributed by atoms with Crippen LogP contribution >= 0.6 is 0 Å². The van der Waals surface area contributed by atoms with Gasteiger partial charge in [-0.3, -0.25) is 4.79 Å². The first kappa shape index (κ1) is 15.7. The summed E-state index contributed by atoms with van der Waals surface area (Å²) in [5.41, 5.74) is 1.03. The zero-order chi connectivity index (χ0) is 15.1. The molecule has 2 rings (SSSR count). The SMILES string of the molecule is COCCNc1cc(CC2CCCN(C(C)=O)C2)ncn1. The van der Waals surface area contributed by atoms with Crippen LogP contribution in [0.5, 0.6) is 0 Å². The highest BCUT2D eigenvalue weighted by molar-refractivity contribution is 5.73. The molecule has 116 valence electrons. The number of piperidine rings is 1. The monoisotopic (exact) mass is 292 g/mol. The molecule has 1 aliphatic heterocycles. The van der Waals surface area contributed by atoms with Crippen molar-refractivity contribution in [3.05, 3.63) is 18.1 Å². The number of ether oxygens (including phenoxy) is 1. The van der Waals surface area contributed by atoms with Crippen LogP contribution in [0.25, 0.3) is 0 Å². The van der Waals surface area contributed by atoms with Gasteiger partial charge in [-0.05, 0) is 25.2 Å². The minimum absolute atomic E-state index is 0.171. The van der Waals surface area contributed by atoms with Gasteiger partial charge >= 0.3 is 0 Å². The Labute approximate surface area is 125 Å². The second kappa shape index (κ2) is 7.93. The number of aromatic nitrogens is 2. The molecule has 6 heteroatoms. The van der Waals surface area contributed by atoms with Gasteiger partial charge in [-0.25, -0.2) is 9.97 Å². The lowest BCUT2D eigenvalue weighted by atomic mass is 9.93. The van der Waals surface area contributed by atoms with Gasteiger partial charge in [-0.2, -0.15) is 0 Å². The Morgan fingerprint density at radius 1 is 1.52 bits per heavy atom. The predicted octanol–water partition coefficient (Wildman–Crippen LogP) is 1.34. The Balaban J connectivity index is 1.89. The Hall–Kier alpha value is -1.69. The maximum atomic E-state index is 11.5. The number of methoxy groups -OCH3 is 1. The molecule has 1 aromatic heterocycles. The number of nitrogens with zero attached hydrogens (tertiary/aromatic N) is 3. The minimum atomic E-state index is 0.171. The van der Waals surface area contributed by atoms with Gasteiger partial charge in [0.15, 0.2) is 0 Å². The summed E-state index contributed by atoms with van der Waals surface area (Å²) in [5, 5.41) is 3.21. The summed E-state index contributed by atoms with van der Waals surface area (Å²) in [4.78, 5) is 22.0. The third-order valence-electron chi connectivity index (χ3n) is 3.80. The number of anilines is 1. The smallest absolute Gasteiger partial charge is 0.219 e. The zero-order valence-electron chi connectivity index (χ0n) is 12.8. The fraction of sp³-hybridized carbons (Fsp3) is 0.667. The number of hydrogen-bond donors (Lipinski definition) is 1. The van der Waals surface area contributed by atoms with Gasteiger partial charge < -0.3 is 15.0 Å². The van der Waals surface area contributed by atoms with Gasteiger partial charge in [-0.15, -0.1) is 0 Å². The second-order valence-electron chi connectivity index (χ2n) is 5.49. The first-order valence-corrected chi connectivity index (χ1v) is 7.48. The molecule has 1 N–H and O–H groups in total. The van der Waals surface area contributed by atoms with Crippen molar-refractivity contribution >= 4 is 11.7 Å². The van der Waals surface area contributed by atoms with E-state index in [1.54, 1.807) is 20.4 Å². The number of hydrogen-bond acceptors (Lipinski definition) is 5. The van der Waals surface area contributed by atoms with Crippen LogP contribution < -0.4 is 5.32 Å². The fourth-order valence-electron chi connectivity index (χ4n) is 2.70. The van der Waals surface area contributed by atoms with Crippen LogP contribution in [0.15, 0.2) is 12.4 Å². The summed E-state index contributed by atoms with van der Waals surface area (Å²) in [5.74, 6) is 1.49. The van der Waals surface area contributed by atoms with Crippen molar-refractivity contribution < 1.29 is 9.53 Å². The third kappa shape index (κ3) is 4.97. The highest BCUT2D eigenvalue weighted by atomic mass is 16.5. The van der Waals surface area contributed by atoms with Gasteiger partial charge in [-0.1, -0.05) is 0 Å². The van der Waals surface area contributed by atoms with Crippen LogP contribution in [0.4, 0.5) is 5.82 Å². The van der Waals surface area contributed by atoms with Gasteiger partial charge in [0, 0.05) is 45.4 Å². The van der Waals surface area contributed by atoms with Gasteiger partial charge in [0.05, 0.1) is 6.61 Å². The number of carbonyl (C=O) groups is 1. The van der Waals surface area contributed by atoms with Crippen molar-refractivity contribution in [1.29, 1.82) is 0 Å². The number of rotatable bonds is 6. The third-order valence-corrected chi connectivity index (χ3v) is 3.80. The topological polar surface area (TPSA) is 67.3 Å². The summed E-state index contributed by atoms with van der Waals surface area (Å²) >= 11 is 0. The summed E-state index contributed by atoms with van der Waals surface area (Å²) in [6, 6.07) is 1.99. The average molecular weight is 292 g/mol. The first-order chi connectivity index (χ1) is 10.2. The van der Waals surface area contributed by atoms with E-state index in [1.165, 1.54) is 0 Å². The molecule has 0 aliphatic carbocycles. The largest absolute Gasteiger partial charge is 0.383 e. The fourth-order valence-corrected chi connectivity index (χ4v) is 2.70. The van der Waals surface area contributed by atoms with E-state index in [4.69, 9.17) is 4.74 Å². The summed E-state index contributed by atoms with van der Waals surface area (Å²) < 4.78 is 5.01. The summed E-state index contributed by atoms with van der Waals surface area (Å²) in [6.07, 6.45) is 4.72. The molecule has 0 saturated carbocycles. The molecule has 1 atom stereocenters. The molecule has 6 nitrogen and oxygen atoms in total. The molecule has 1 fully saturated rings. The molecule has 1 amide bonds. The molecule has 2 heterocycles. The average Bonchev–Trinajstić information content (AvgIpc) is 2.48. The van der Waals surface area contributed by atoms with Crippen molar-refractivity contribution in [1.82, 2.24) is 14.9 Å². The number of likely N-dealkylation sites (tertiary alicyclic amines) is 1. The molecule has 0 spiro atoms. The van der Waals surface area contributed by atoms with E-state index in [-0.39, 0.29) is 5.91 Å². The Morgan fingerprint density at radius 2 is 2.38 bits per heavy atom. The molecule has 0 aromatic carbocycles. The molecule has 1 unspecified atom stereocenters.